The number of benzene rings is 1. The second-order valence-corrected chi connectivity index (χ2v) is 6.25. The van der Waals surface area contributed by atoms with Crippen molar-refractivity contribution in [3.63, 3.8) is 0 Å². The predicted molar refractivity (Wildman–Crippen MR) is 78.8 cm³/mol. The zero-order valence-electron chi connectivity index (χ0n) is 11.2. The van der Waals surface area contributed by atoms with Crippen LogP contribution in [0.1, 0.15) is 5.56 Å². The molecule has 2 aromatic rings. The predicted octanol–water partition coefficient (Wildman–Crippen LogP) is 1.50. The van der Waals surface area contributed by atoms with E-state index in [0.717, 1.165) is 5.56 Å². The summed E-state index contributed by atoms with van der Waals surface area (Å²) in [6.07, 6.45) is 1.28. The summed E-state index contributed by atoms with van der Waals surface area (Å²) in [7, 11) is -2.12. The first-order valence-electron chi connectivity index (χ1n) is 5.94. The molecule has 0 unspecified atom stereocenters. The number of aromatic nitrogens is 1. The van der Waals surface area contributed by atoms with E-state index in [4.69, 9.17) is 5.84 Å². The number of anilines is 2. The van der Waals surface area contributed by atoms with Crippen molar-refractivity contribution < 1.29 is 8.42 Å². The summed E-state index contributed by atoms with van der Waals surface area (Å²) >= 11 is 0. The molecule has 0 fully saturated rings. The quantitative estimate of drug-likeness (QED) is 0.658. The van der Waals surface area contributed by atoms with Gasteiger partial charge in [0.05, 0.1) is 5.69 Å². The maximum absolute atomic E-state index is 12.5. The van der Waals surface area contributed by atoms with Gasteiger partial charge in [0.25, 0.3) is 10.0 Å². The van der Waals surface area contributed by atoms with Gasteiger partial charge in [-0.25, -0.2) is 19.2 Å². The van der Waals surface area contributed by atoms with Crippen molar-refractivity contribution in [2.24, 2.45) is 5.84 Å². The molecule has 1 aromatic carbocycles. The van der Waals surface area contributed by atoms with Crippen LogP contribution < -0.4 is 15.6 Å². The monoisotopic (exact) mass is 292 g/mol. The Balaban J connectivity index is 2.41. The highest BCUT2D eigenvalue weighted by Gasteiger charge is 2.22. The molecule has 0 aliphatic heterocycles. The number of nitrogens with two attached hydrogens (primary N) is 1. The van der Waals surface area contributed by atoms with Crippen molar-refractivity contribution in [2.45, 2.75) is 11.8 Å². The summed E-state index contributed by atoms with van der Waals surface area (Å²) in [6.45, 7) is 1.86. The van der Waals surface area contributed by atoms with Crippen molar-refractivity contribution >= 4 is 21.5 Å². The minimum absolute atomic E-state index is 0.113. The summed E-state index contributed by atoms with van der Waals surface area (Å²) in [4.78, 5) is 4.03. The molecule has 6 nitrogen and oxygen atoms in total. The second-order valence-electron chi connectivity index (χ2n) is 4.28. The first-order chi connectivity index (χ1) is 9.46. The molecular weight excluding hydrogens is 276 g/mol. The Kier molecular flexibility index (Phi) is 3.91. The first-order valence-corrected chi connectivity index (χ1v) is 7.38. The largest absolute Gasteiger partial charge is 0.308 e. The molecule has 0 saturated heterocycles. The Hall–Kier alpha value is -2.12. The normalized spacial score (nSPS) is 11.2. The smallest absolute Gasteiger partial charge is 0.265 e. The van der Waals surface area contributed by atoms with Gasteiger partial charge in [0.1, 0.15) is 10.7 Å². The average Bonchev–Trinajstić information content (AvgIpc) is 2.47. The molecule has 2 rings (SSSR count). The Morgan fingerprint density at radius 3 is 2.45 bits per heavy atom. The highest BCUT2D eigenvalue weighted by atomic mass is 32.2. The molecule has 7 heteroatoms. The number of nitrogens with zero attached hydrogens (tertiary/aromatic N) is 2. The van der Waals surface area contributed by atoms with Gasteiger partial charge in [-0.3, -0.25) is 4.31 Å². The fourth-order valence-electron chi connectivity index (χ4n) is 1.82. The van der Waals surface area contributed by atoms with Gasteiger partial charge in [-0.2, -0.15) is 0 Å². The van der Waals surface area contributed by atoms with Crippen molar-refractivity contribution in [1.29, 1.82) is 0 Å². The summed E-state index contributed by atoms with van der Waals surface area (Å²) < 4.78 is 26.3. The van der Waals surface area contributed by atoms with Crippen LogP contribution in [0.5, 0.6) is 0 Å². The topological polar surface area (TPSA) is 88.3 Å². The van der Waals surface area contributed by atoms with Crippen LogP contribution in [0.4, 0.5) is 11.5 Å². The highest BCUT2D eigenvalue weighted by molar-refractivity contribution is 7.92. The van der Waals surface area contributed by atoms with Gasteiger partial charge < -0.3 is 5.43 Å². The Bertz CT molecular complexity index is 699. The Morgan fingerprint density at radius 1 is 1.20 bits per heavy atom. The minimum Gasteiger partial charge on any atom is -0.308 e. The van der Waals surface area contributed by atoms with Gasteiger partial charge >= 0.3 is 0 Å². The van der Waals surface area contributed by atoms with Crippen LogP contribution >= 0.6 is 0 Å². The van der Waals surface area contributed by atoms with Crippen LogP contribution in [0, 0.1) is 6.92 Å². The maximum atomic E-state index is 12.5. The fraction of sp³-hybridized carbons (Fsp3) is 0.154. The summed E-state index contributed by atoms with van der Waals surface area (Å²) in [6, 6.07) is 10.3. The van der Waals surface area contributed by atoms with E-state index in [0.29, 0.717) is 11.5 Å². The molecule has 1 aromatic heterocycles. The lowest BCUT2D eigenvalue weighted by Crippen LogP contribution is -2.27. The number of sulfonamides is 1. The van der Waals surface area contributed by atoms with E-state index in [1.807, 2.05) is 19.1 Å². The van der Waals surface area contributed by atoms with Gasteiger partial charge in [0, 0.05) is 13.2 Å². The van der Waals surface area contributed by atoms with Gasteiger partial charge in [-0.1, -0.05) is 18.2 Å². The van der Waals surface area contributed by atoms with Crippen LogP contribution in [0.2, 0.25) is 0 Å². The zero-order valence-corrected chi connectivity index (χ0v) is 12.1. The lowest BCUT2D eigenvalue weighted by Gasteiger charge is -2.21. The molecular formula is C13H16N4O2S. The molecule has 0 aliphatic rings. The van der Waals surface area contributed by atoms with Crippen LogP contribution in [-0.2, 0) is 10.0 Å². The number of aryl methyl sites for hydroxylation is 1. The Labute approximate surface area is 118 Å². The van der Waals surface area contributed by atoms with Crippen molar-refractivity contribution in [1.82, 2.24) is 4.98 Å². The van der Waals surface area contributed by atoms with Gasteiger partial charge in [0.2, 0.25) is 0 Å². The first kappa shape index (κ1) is 14.3. The van der Waals surface area contributed by atoms with E-state index in [9.17, 15) is 8.42 Å². The van der Waals surface area contributed by atoms with Crippen molar-refractivity contribution in [3.05, 3.63) is 48.2 Å². The van der Waals surface area contributed by atoms with Crippen LogP contribution in [0.3, 0.4) is 0 Å². The highest BCUT2D eigenvalue weighted by Crippen LogP contribution is 2.24. The molecule has 0 radical (unpaired) electrons. The summed E-state index contributed by atoms with van der Waals surface area (Å²) in [5.74, 6) is 5.61. The van der Waals surface area contributed by atoms with E-state index in [1.165, 1.54) is 29.7 Å². The molecule has 0 amide bonds. The minimum atomic E-state index is -3.64. The lowest BCUT2D eigenvalue weighted by atomic mass is 10.2. The summed E-state index contributed by atoms with van der Waals surface area (Å²) in [5, 5.41) is 0. The SMILES string of the molecule is Cc1ccccc1N(C)S(=O)(=O)c1ccc(NN)nc1. The second kappa shape index (κ2) is 5.48. The van der Waals surface area contributed by atoms with Crippen LogP contribution in [0.25, 0.3) is 0 Å². The average molecular weight is 292 g/mol. The number of hydrogen-bond donors (Lipinski definition) is 2. The standard InChI is InChI=1S/C13H16N4O2S/c1-10-5-3-4-6-12(10)17(2)20(18,19)11-7-8-13(16-14)15-9-11/h3-9H,14H2,1-2H3,(H,15,16). The number of hydrazine groups is 1. The molecule has 0 spiro atoms. The lowest BCUT2D eigenvalue weighted by molar-refractivity contribution is 0.594. The van der Waals surface area contributed by atoms with E-state index in [1.54, 1.807) is 12.1 Å². The van der Waals surface area contributed by atoms with E-state index in [-0.39, 0.29) is 4.90 Å². The van der Waals surface area contributed by atoms with E-state index >= 15 is 0 Å². The molecule has 0 saturated carbocycles. The molecule has 20 heavy (non-hydrogen) atoms. The van der Waals surface area contributed by atoms with E-state index in [2.05, 4.69) is 10.4 Å². The number of para-hydroxylation sites is 1. The van der Waals surface area contributed by atoms with Crippen molar-refractivity contribution in [3.8, 4) is 0 Å². The number of pyridine rings is 1. The number of nitrogens with one attached hydrogen (secondary N) is 1. The van der Waals surface area contributed by atoms with E-state index < -0.39 is 10.0 Å². The molecule has 0 atom stereocenters. The fourth-order valence-corrected chi connectivity index (χ4v) is 3.03. The number of rotatable bonds is 4. The summed E-state index contributed by atoms with van der Waals surface area (Å²) in [5.41, 5.74) is 3.87. The third kappa shape index (κ3) is 2.59. The third-order valence-corrected chi connectivity index (χ3v) is 4.75. The molecule has 106 valence electrons. The van der Waals surface area contributed by atoms with Gasteiger partial charge in [-0.15, -0.1) is 0 Å². The zero-order chi connectivity index (χ0) is 14.8. The van der Waals surface area contributed by atoms with Gasteiger partial charge in [-0.05, 0) is 30.7 Å². The molecule has 3 N–H and O–H groups in total. The van der Waals surface area contributed by atoms with Crippen LogP contribution in [0.15, 0.2) is 47.5 Å². The van der Waals surface area contributed by atoms with Crippen molar-refractivity contribution in [2.75, 3.05) is 16.8 Å². The van der Waals surface area contributed by atoms with Gasteiger partial charge in [0.15, 0.2) is 0 Å². The molecule has 0 bridgehead atoms. The Morgan fingerprint density at radius 2 is 1.90 bits per heavy atom. The molecule has 1 heterocycles. The number of hydrogen-bond acceptors (Lipinski definition) is 5. The van der Waals surface area contributed by atoms with Crippen LogP contribution in [-0.4, -0.2) is 20.4 Å². The maximum Gasteiger partial charge on any atom is 0.265 e. The third-order valence-electron chi connectivity index (χ3n) is 3.00. The molecule has 0 aliphatic carbocycles. The number of nitrogen functional groups attached to an aromatic ring is 1.